The van der Waals surface area contributed by atoms with Crippen molar-refractivity contribution in [3.05, 3.63) is 0 Å². The van der Waals surface area contributed by atoms with Gasteiger partial charge in [-0.25, -0.2) is 10.3 Å². The van der Waals surface area contributed by atoms with Gasteiger partial charge in [-0.15, -0.1) is 0 Å². The van der Waals surface area contributed by atoms with E-state index in [1.165, 1.54) is 0 Å². The summed E-state index contributed by atoms with van der Waals surface area (Å²) in [4.78, 5) is 25.1. The Hall–Kier alpha value is -1.14. The number of nitrogens with one attached hydrogen (secondary N) is 2. The van der Waals surface area contributed by atoms with E-state index in [1.54, 1.807) is 14.0 Å². The number of hydrogen-bond acceptors (Lipinski definition) is 4. The molecule has 0 saturated heterocycles. The molecule has 0 aliphatic heterocycles. The molecule has 0 fully saturated rings. The summed E-state index contributed by atoms with van der Waals surface area (Å²) in [6, 6.07) is -0.404. The van der Waals surface area contributed by atoms with E-state index in [2.05, 4.69) is 10.2 Å². The van der Waals surface area contributed by atoms with Gasteiger partial charge in [0, 0.05) is 0 Å². The molecule has 1 atom stereocenters. The Balaban J connectivity index is 3.50. The van der Waals surface area contributed by atoms with Crippen LogP contribution in [0.3, 0.4) is 0 Å². The first-order chi connectivity index (χ1) is 5.57. The normalized spacial score (nSPS) is 12.2. The largest absolute Gasteiger partial charge is 0.479 e. The molecule has 0 bridgehead atoms. The molecule has 0 saturated carbocycles. The first kappa shape index (κ1) is 10.9. The van der Waals surface area contributed by atoms with E-state index in [4.69, 9.17) is 5.11 Å². The van der Waals surface area contributed by atoms with Gasteiger partial charge >= 0.3 is 5.97 Å². The average molecular weight is 176 g/mol. The number of carboxylic acid groups (broad SMARTS) is 1. The second-order valence-corrected chi connectivity index (χ2v) is 2.16. The van der Waals surface area contributed by atoms with Gasteiger partial charge in [0.1, 0.15) is 0 Å². The van der Waals surface area contributed by atoms with Crippen molar-refractivity contribution in [2.24, 2.45) is 0 Å². The number of carboxylic acids is 1. The standard InChI is InChI=1S/C6H12N2O4/c1-4(7-2)6(11)8-12-3-5(9)10/h4,7H,3H2,1-2H3,(H,8,11)(H,9,10). The second-order valence-electron chi connectivity index (χ2n) is 2.16. The van der Waals surface area contributed by atoms with Crippen LogP contribution >= 0.6 is 0 Å². The van der Waals surface area contributed by atoms with Crippen LogP contribution in [-0.4, -0.2) is 36.7 Å². The smallest absolute Gasteiger partial charge is 0.332 e. The summed E-state index contributed by atoms with van der Waals surface area (Å²) in [6.07, 6.45) is 0. The van der Waals surface area contributed by atoms with E-state index < -0.39 is 24.5 Å². The van der Waals surface area contributed by atoms with E-state index in [-0.39, 0.29) is 0 Å². The van der Waals surface area contributed by atoms with Gasteiger partial charge in [-0.1, -0.05) is 0 Å². The third-order valence-electron chi connectivity index (χ3n) is 1.19. The number of hydrogen-bond donors (Lipinski definition) is 3. The molecule has 1 unspecified atom stereocenters. The van der Waals surface area contributed by atoms with Crippen LogP contribution in [0, 0.1) is 0 Å². The summed E-state index contributed by atoms with van der Waals surface area (Å²) in [5.74, 6) is -1.54. The fourth-order valence-electron chi connectivity index (χ4n) is 0.388. The molecular formula is C6H12N2O4. The summed E-state index contributed by atoms with van der Waals surface area (Å²) in [7, 11) is 1.61. The minimum atomic E-state index is -1.13. The zero-order valence-electron chi connectivity index (χ0n) is 6.96. The Morgan fingerprint density at radius 1 is 1.58 bits per heavy atom. The van der Waals surface area contributed by atoms with Crippen molar-refractivity contribution in [1.82, 2.24) is 10.8 Å². The molecule has 0 rings (SSSR count). The molecule has 6 heteroatoms. The van der Waals surface area contributed by atoms with Gasteiger partial charge in [0.2, 0.25) is 0 Å². The Bertz CT molecular complexity index is 171. The van der Waals surface area contributed by atoms with E-state index in [0.29, 0.717) is 0 Å². The predicted molar refractivity (Wildman–Crippen MR) is 40.3 cm³/mol. The fraction of sp³-hybridized carbons (Fsp3) is 0.667. The minimum absolute atomic E-state index is 0.404. The molecule has 1 amide bonds. The summed E-state index contributed by atoms with van der Waals surface area (Å²) >= 11 is 0. The summed E-state index contributed by atoms with van der Waals surface area (Å²) in [6.45, 7) is 1.08. The lowest BCUT2D eigenvalue weighted by molar-refractivity contribution is -0.149. The molecular weight excluding hydrogens is 164 g/mol. The minimum Gasteiger partial charge on any atom is -0.479 e. The van der Waals surface area contributed by atoms with E-state index in [1.807, 2.05) is 5.48 Å². The van der Waals surface area contributed by atoms with Crippen molar-refractivity contribution in [1.29, 1.82) is 0 Å². The number of carbonyl (C=O) groups is 2. The van der Waals surface area contributed by atoms with Crippen LogP contribution in [0.25, 0.3) is 0 Å². The maximum Gasteiger partial charge on any atom is 0.332 e. The van der Waals surface area contributed by atoms with Crippen molar-refractivity contribution in [2.75, 3.05) is 13.7 Å². The van der Waals surface area contributed by atoms with Gasteiger partial charge in [0.25, 0.3) is 5.91 Å². The molecule has 3 N–H and O–H groups in total. The zero-order valence-corrected chi connectivity index (χ0v) is 6.96. The molecule has 70 valence electrons. The van der Waals surface area contributed by atoms with Crippen LogP contribution in [0.5, 0.6) is 0 Å². The number of carbonyl (C=O) groups excluding carboxylic acids is 1. The molecule has 12 heavy (non-hydrogen) atoms. The Kier molecular flexibility index (Phi) is 4.98. The predicted octanol–water partition coefficient (Wildman–Crippen LogP) is -1.27. The molecule has 0 aromatic rings. The van der Waals surface area contributed by atoms with Gasteiger partial charge in [-0.2, -0.15) is 0 Å². The molecule has 0 aromatic carbocycles. The van der Waals surface area contributed by atoms with Crippen LogP contribution in [0.2, 0.25) is 0 Å². The monoisotopic (exact) mass is 176 g/mol. The highest BCUT2D eigenvalue weighted by molar-refractivity contribution is 5.80. The van der Waals surface area contributed by atoms with E-state index in [0.717, 1.165) is 0 Å². The quantitative estimate of drug-likeness (QED) is 0.454. The number of rotatable bonds is 5. The van der Waals surface area contributed by atoms with Crippen LogP contribution in [0.1, 0.15) is 6.92 Å². The lowest BCUT2D eigenvalue weighted by atomic mass is 10.3. The summed E-state index contributed by atoms with van der Waals surface area (Å²) in [5, 5.41) is 10.8. The fourth-order valence-corrected chi connectivity index (χ4v) is 0.388. The number of aliphatic carboxylic acids is 1. The first-order valence-corrected chi connectivity index (χ1v) is 3.38. The van der Waals surface area contributed by atoms with Crippen molar-refractivity contribution < 1.29 is 19.5 Å². The maximum atomic E-state index is 10.9. The molecule has 6 nitrogen and oxygen atoms in total. The van der Waals surface area contributed by atoms with Gasteiger partial charge in [-0.05, 0) is 14.0 Å². The third kappa shape index (κ3) is 4.64. The zero-order chi connectivity index (χ0) is 9.56. The van der Waals surface area contributed by atoms with Crippen molar-refractivity contribution in [2.45, 2.75) is 13.0 Å². The number of likely N-dealkylation sites (N-methyl/N-ethyl adjacent to an activating group) is 1. The van der Waals surface area contributed by atoms with Crippen molar-refractivity contribution in [3.8, 4) is 0 Å². The van der Waals surface area contributed by atoms with E-state index >= 15 is 0 Å². The molecule has 0 spiro atoms. The van der Waals surface area contributed by atoms with Gasteiger partial charge in [-0.3, -0.25) is 9.63 Å². The molecule has 0 aliphatic rings. The molecule has 0 aliphatic carbocycles. The van der Waals surface area contributed by atoms with Crippen LogP contribution < -0.4 is 10.8 Å². The van der Waals surface area contributed by atoms with Crippen molar-refractivity contribution >= 4 is 11.9 Å². The molecule has 0 heterocycles. The highest BCUT2D eigenvalue weighted by atomic mass is 16.7. The Morgan fingerprint density at radius 2 is 2.17 bits per heavy atom. The SMILES string of the molecule is CNC(C)C(=O)NOCC(=O)O. The topological polar surface area (TPSA) is 87.7 Å². The average Bonchev–Trinajstić information content (AvgIpc) is 2.02. The van der Waals surface area contributed by atoms with Gasteiger partial charge in [0.15, 0.2) is 6.61 Å². The lowest BCUT2D eigenvalue weighted by Gasteiger charge is -2.09. The number of amides is 1. The van der Waals surface area contributed by atoms with Crippen LogP contribution in [0.15, 0.2) is 0 Å². The molecule has 0 aromatic heterocycles. The maximum absolute atomic E-state index is 10.9. The highest BCUT2D eigenvalue weighted by Gasteiger charge is 2.09. The third-order valence-corrected chi connectivity index (χ3v) is 1.19. The first-order valence-electron chi connectivity index (χ1n) is 3.38. The second kappa shape index (κ2) is 5.50. The lowest BCUT2D eigenvalue weighted by Crippen LogP contribution is -2.41. The Labute approximate surface area is 69.8 Å². The Morgan fingerprint density at radius 3 is 2.58 bits per heavy atom. The van der Waals surface area contributed by atoms with Crippen LogP contribution in [-0.2, 0) is 14.4 Å². The highest BCUT2D eigenvalue weighted by Crippen LogP contribution is 1.79. The number of hydroxylamine groups is 1. The summed E-state index contributed by atoms with van der Waals surface area (Å²) in [5.41, 5.74) is 1.98. The van der Waals surface area contributed by atoms with Crippen molar-refractivity contribution in [3.63, 3.8) is 0 Å². The van der Waals surface area contributed by atoms with Crippen LogP contribution in [0.4, 0.5) is 0 Å². The van der Waals surface area contributed by atoms with E-state index in [9.17, 15) is 9.59 Å². The van der Waals surface area contributed by atoms with Gasteiger partial charge < -0.3 is 10.4 Å². The summed E-state index contributed by atoms with van der Waals surface area (Å²) < 4.78 is 0. The van der Waals surface area contributed by atoms with Gasteiger partial charge in [0.05, 0.1) is 6.04 Å². The molecule has 0 radical (unpaired) electrons.